The van der Waals surface area contributed by atoms with Gasteiger partial charge < -0.3 is 20.1 Å². The van der Waals surface area contributed by atoms with E-state index in [0.29, 0.717) is 0 Å². The summed E-state index contributed by atoms with van der Waals surface area (Å²) < 4.78 is 4.12. The van der Waals surface area contributed by atoms with E-state index in [-0.39, 0.29) is 0 Å². The third-order valence-corrected chi connectivity index (χ3v) is 3.98. The second-order valence-corrected chi connectivity index (χ2v) is 6.95. The molecule has 0 aromatic heterocycles. The minimum Gasteiger partial charge on any atom is -0.497 e. The van der Waals surface area contributed by atoms with Gasteiger partial charge >= 0.3 is 34.6 Å². The van der Waals surface area contributed by atoms with Crippen molar-refractivity contribution in [3.63, 3.8) is 0 Å². The van der Waals surface area contributed by atoms with Crippen LogP contribution in [0.1, 0.15) is 13.8 Å². The van der Waals surface area contributed by atoms with E-state index in [1.54, 1.807) is 0 Å². The Bertz CT molecular complexity index is 1250. The van der Waals surface area contributed by atoms with Crippen molar-refractivity contribution in [3.05, 3.63) is 78.9 Å². The molecule has 42 heavy (non-hydrogen) atoms. The van der Waals surface area contributed by atoms with E-state index in [2.05, 4.69) is 17.6 Å². The fourth-order valence-corrected chi connectivity index (χ4v) is 1.41. The van der Waals surface area contributed by atoms with Gasteiger partial charge in [-0.3, -0.25) is 60.7 Å². The average molecular weight is 606 g/mol. The van der Waals surface area contributed by atoms with E-state index in [9.17, 15) is 65.5 Å². The number of carbonyl (C=O) groups excluding carboxylic acids is 1. The topological polar surface area (TPSA) is 363 Å². The number of aromatic hydroxyl groups is 1. The number of hydrogen-bond donors (Lipinski definition) is 3. The molecule has 0 radical (unpaired) electrons. The van der Waals surface area contributed by atoms with Gasteiger partial charge in [0, 0.05) is 24.0 Å². The summed E-state index contributed by atoms with van der Waals surface area (Å²) in [6.45, 7) is -0.646. The number of benzene rings is 1. The van der Waals surface area contributed by atoms with E-state index in [1.165, 1.54) is 11.8 Å². The molecule has 0 aliphatic rings. The number of aliphatic carboxylic acids is 1. The number of aliphatic hydroxyl groups excluding tert-OH is 1. The predicted molar refractivity (Wildman–Crippen MR) is 130 cm³/mol. The van der Waals surface area contributed by atoms with Gasteiger partial charge in [-0.2, -0.15) is 0 Å². The van der Waals surface area contributed by atoms with Crippen LogP contribution in [0.2, 0.25) is 0 Å². The van der Waals surface area contributed by atoms with Crippen LogP contribution >= 0.6 is 0 Å². The van der Waals surface area contributed by atoms with E-state index in [4.69, 9.17) is 20.1 Å². The van der Waals surface area contributed by atoms with Gasteiger partial charge in [-0.15, -0.1) is 12.8 Å². The van der Waals surface area contributed by atoms with E-state index in [1.807, 2.05) is 0 Å². The number of phenols is 1. The summed E-state index contributed by atoms with van der Waals surface area (Å²) in [5.74, 6) is -0.364. The Hall–Kier alpha value is -6.56. The van der Waals surface area contributed by atoms with Gasteiger partial charge in [-0.05, 0) is 6.07 Å². The lowest BCUT2D eigenvalue weighted by molar-refractivity contribution is -0.793. The molecule has 0 aliphatic carbocycles. The first-order chi connectivity index (χ1) is 19.1. The minimum atomic E-state index is -2.56. The van der Waals surface area contributed by atoms with Gasteiger partial charge in [0.1, 0.15) is 19.7 Å². The first-order valence-electron chi connectivity index (χ1n) is 9.73. The maximum atomic E-state index is 10.4. The molecule has 1 rings (SSSR count). The zero-order chi connectivity index (χ0) is 34.0. The van der Waals surface area contributed by atoms with Crippen molar-refractivity contribution in [2.24, 2.45) is 0 Å². The zero-order valence-electron chi connectivity index (χ0n) is 20.9. The number of carboxylic acids is 1. The normalized spacial score (nSPS) is 9.55. The quantitative estimate of drug-likeness (QED) is 0.0802. The molecule has 0 unspecified atom stereocenters. The molecule has 0 fully saturated rings. The number of rotatable bonds is 9. The van der Waals surface area contributed by atoms with Crippen molar-refractivity contribution in [1.82, 2.24) is 0 Å². The third-order valence-electron chi connectivity index (χ3n) is 3.98. The smallest absolute Gasteiger partial charge is 0.488 e. The molecule has 24 heteroatoms. The lowest BCUT2D eigenvalue weighted by Gasteiger charge is -2.11. The maximum absolute atomic E-state index is 10.4. The highest BCUT2D eigenvalue weighted by molar-refractivity contribution is 5.87. The average Bonchev–Trinajstić information content (AvgIpc) is 2.91. The van der Waals surface area contributed by atoms with Crippen LogP contribution in [0.3, 0.4) is 0 Å². The molecule has 0 bridgehead atoms. The van der Waals surface area contributed by atoms with Crippen LogP contribution in [0, 0.1) is 85.4 Å². The lowest BCUT2D eigenvalue weighted by Crippen LogP contribution is -2.47. The highest BCUT2D eigenvalue weighted by atomic mass is 16.7. The molecule has 0 atom stereocenters. The number of terminal acetylenes is 2. The fourth-order valence-electron chi connectivity index (χ4n) is 1.41. The van der Waals surface area contributed by atoms with Crippen LogP contribution in [0.25, 0.3) is 0 Å². The molecular weight excluding hydrogens is 588 g/mol. The number of hydrogen-bond acceptors (Lipinski definition) is 17. The summed E-state index contributed by atoms with van der Waals surface area (Å²) in [4.78, 5) is 74.0. The second kappa shape index (κ2) is 17.9. The summed E-state index contributed by atoms with van der Waals surface area (Å²) in [5.41, 5.74) is -6.37. The van der Waals surface area contributed by atoms with Crippen LogP contribution in [0.4, 0.5) is 11.4 Å². The van der Waals surface area contributed by atoms with E-state index >= 15 is 0 Å². The third kappa shape index (κ3) is 12.8. The summed E-state index contributed by atoms with van der Waals surface area (Å²) in [7, 11) is 0. The molecule has 24 nitrogen and oxygen atoms in total. The number of phenolic OH excluding ortho intramolecular Hbond substituents is 1. The summed E-state index contributed by atoms with van der Waals surface area (Å²) >= 11 is 0. The highest BCUT2D eigenvalue weighted by Gasteiger charge is 2.52. The predicted octanol–water partition coefficient (Wildman–Crippen LogP) is -0.406. The Kier molecular flexibility index (Phi) is 17.0. The summed E-state index contributed by atoms with van der Waals surface area (Å²) in [5, 5.41) is 85.6. The molecule has 0 saturated carbocycles. The number of carboxylic acid groups (broad SMARTS) is 1. The molecule has 0 aliphatic heterocycles. The number of esters is 1. The lowest BCUT2D eigenvalue weighted by atomic mass is 10.2. The Labute approximate surface area is 231 Å². The Balaban J connectivity index is -0.000000508. The van der Waals surface area contributed by atoms with Crippen molar-refractivity contribution >= 4 is 23.3 Å². The molecule has 3 N–H and O–H groups in total. The van der Waals surface area contributed by atoms with Crippen molar-refractivity contribution in [1.29, 1.82) is 0 Å². The molecule has 1 aromatic rings. The van der Waals surface area contributed by atoms with Crippen LogP contribution in [-0.4, -0.2) is 81.3 Å². The van der Waals surface area contributed by atoms with E-state index < -0.39 is 83.1 Å². The van der Waals surface area contributed by atoms with Gasteiger partial charge in [-0.1, -0.05) is 0 Å². The van der Waals surface area contributed by atoms with Crippen LogP contribution in [0.15, 0.2) is 18.2 Å². The fraction of sp³-hybridized carbons (Fsp3) is 0.333. The van der Waals surface area contributed by atoms with Crippen molar-refractivity contribution in [2.75, 3.05) is 13.2 Å². The number of aliphatic hydroxyl groups is 1. The molecule has 0 spiro atoms. The molecule has 0 heterocycles. The molecule has 228 valence electrons. The van der Waals surface area contributed by atoms with Crippen molar-refractivity contribution in [3.8, 4) is 30.4 Å². The minimum absolute atomic E-state index is 0.672. The number of nitrogens with zero attached hydrogens (tertiary/aromatic N) is 6. The van der Waals surface area contributed by atoms with Crippen LogP contribution in [0.5, 0.6) is 5.75 Å². The van der Waals surface area contributed by atoms with Gasteiger partial charge in [0.05, 0.1) is 23.7 Å². The zero-order valence-corrected chi connectivity index (χ0v) is 20.9. The van der Waals surface area contributed by atoms with Crippen molar-refractivity contribution < 1.29 is 59.2 Å². The largest absolute Gasteiger partial charge is 0.497 e. The highest BCUT2D eigenvalue weighted by Crippen LogP contribution is 2.34. The molecule has 1 aromatic carbocycles. The van der Waals surface area contributed by atoms with Gasteiger partial charge in [0.15, 0.2) is 6.61 Å². The first kappa shape index (κ1) is 39.9. The standard InChI is InChI=1S/C6H6N2O6.C6H4N2O5.C3H6N2O5.C3H2O2/c1-3-5(9)14-4-6(2,7(10)11)8(12)13;9-6-4(7(10)11)2-1-3-5(6)8(12)13;1-3(2-6,4(7)8)5(9)10;1-2-3(4)5/h1H,4H2,2H3;1-3,9H;6H,2H2,1H3;1H,(H,4,5). The Morgan fingerprint density at radius 3 is 1.33 bits per heavy atom. The number of nitro groups is 6. The summed E-state index contributed by atoms with van der Waals surface area (Å²) in [6, 6.07) is 3.11. The van der Waals surface area contributed by atoms with Gasteiger partial charge in [-0.25, -0.2) is 9.59 Å². The number of nitro benzene ring substituents is 2. The van der Waals surface area contributed by atoms with Crippen molar-refractivity contribution in [2.45, 2.75) is 25.2 Å². The maximum Gasteiger partial charge on any atom is 0.488 e. The number of carbonyl (C=O) groups is 2. The Morgan fingerprint density at radius 2 is 1.14 bits per heavy atom. The first-order valence-corrected chi connectivity index (χ1v) is 9.73. The molecular formula is C18H18N6O18. The summed E-state index contributed by atoms with van der Waals surface area (Å²) in [6.07, 6.45) is 8.91. The monoisotopic (exact) mass is 606 g/mol. The van der Waals surface area contributed by atoms with Crippen LogP contribution < -0.4 is 0 Å². The Morgan fingerprint density at radius 1 is 0.810 bits per heavy atom. The second-order valence-electron chi connectivity index (χ2n) is 6.95. The van der Waals surface area contributed by atoms with E-state index in [0.717, 1.165) is 32.0 Å². The number of para-hydroxylation sites is 1. The van der Waals surface area contributed by atoms with Gasteiger partial charge in [0.25, 0.3) is 5.75 Å². The molecule has 0 saturated heterocycles. The van der Waals surface area contributed by atoms with Gasteiger partial charge in [0.2, 0.25) is 6.61 Å². The van der Waals surface area contributed by atoms with Crippen LogP contribution in [-0.2, 0) is 14.3 Å². The SMILES string of the molecule is C#CC(=O)O.C#CC(=O)OCC(C)([N+](=O)[O-])[N+](=O)[O-].CC(CO)([N+](=O)[O-])[N+](=O)[O-].O=[N+]([O-])c1cccc([N+](=O)[O-])c1O. The number of ether oxygens (including phenoxy) is 1. The molecule has 0 amide bonds.